The van der Waals surface area contributed by atoms with Crippen LogP contribution in [0.5, 0.6) is 5.75 Å². The van der Waals surface area contributed by atoms with Crippen molar-refractivity contribution in [2.24, 2.45) is 0 Å². The van der Waals surface area contributed by atoms with Gasteiger partial charge in [-0.3, -0.25) is 0 Å². The first kappa shape index (κ1) is 17.4. The van der Waals surface area contributed by atoms with Crippen LogP contribution in [0.15, 0.2) is 29.6 Å². The quantitative estimate of drug-likeness (QED) is 0.683. The molecule has 0 fully saturated rings. The van der Waals surface area contributed by atoms with Gasteiger partial charge in [-0.15, -0.1) is 11.3 Å². The van der Waals surface area contributed by atoms with E-state index in [-0.39, 0.29) is 12.1 Å². The predicted molar refractivity (Wildman–Crippen MR) is 88.9 cm³/mol. The van der Waals surface area contributed by atoms with Crippen molar-refractivity contribution in [3.8, 4) is 5.75 Å². The highest BCUT2D eigenvalue weighted by Crippen LogP contribution is 2.22. The van der Waals surface area contributed by atoms with Gasteiger partial charge in [0, 0.05) is 12.0 Å². The SMILES string of the molecule is CCOC(=O)c1ccc(OCc2csc(C(C)OCC)n2)cc1. The molecule has 0 spiro atoms. The monoisotopic (exact) mass is 335 g/mol. The molecule has 0 aliphatic heterocycles. The van der Waals surface area contributed by atoms with Gasteiger partial charge in [-0.1, -0.05) is 0 Å². The topological polar surface area (TPSA) is 57.7 Å². The molecule has 6 heteroatoms. The maximum Gasteiger partial charge on any atom is 0.338 e. The summed E-state index contributed by atoms with van der Waals surface area (Å²) in [5, 5.41) is 2.92. The van der Waals surface area contributed by atoms with Crippen molar-refractivity contribution in [3.05, 3.63) is 45.9 Å². The Morgan fingerprint density at radius 3 is 2.61 bits per heavy atom. The van der Waals surface area contributed by atoms with Gasteiger partial charge >= 0.3 is 5.97 Å². The first-order valence-corrected chi connectivity index (χ1v) is 8.47. The van der Waals surface area contributed by atoms with E-state index < -0.39 is 0 Å². The molecule has 1 aromatic carbocycles. The van der Waals surface area contributed by atoms with Crippen molar-refractivity contribution >= 4 is 17.3 Å². The molecule has 1 heterocycles. The number of hydrogen-bond acceptors (Lipinski definition) is 6. The van der Waals surface area contributed by atoms with E-state index in [9.17, 15) is 4.79 Å². The minimum atomic E-state index is -0.326. The molecule has 124 valence electrons. The standard InChI is InChI=1S/C17H21NO4S/c1-4-20-12(3)16-18-14(11-23-16)10-22-15-8-6-13(7-9-15)17(19)21-5-2/h6-9,11-12H,4-5,10H2,1-3H3. The largest absolute Gasteiger partial charge is 0.487 e. The molecule has 23 heavy (non-hydrogen) atoms. The van der Waals surface area contributed by atoms with E-state index in [1.807, 2.05) is 19.2 Å². The summed E-state index contributed by atoms with van der Waals surface area (Å²) in [4.78, 5) is 16.1. The van der Waals surface area contributed by atoms with E-state index in [2.05, 4.69) is 4.98 Å². The number of hydrogen-bond donors (Lipinski definition) is 0. The second kappa shape index (κ2) is 8.64. The van der Waals surface area contributed by atoms with Crippen LogP contribution in [0.3, 0.4) is 0 Å². The maximum atomic E-state index is 11.6. The Balaban J connectivity index is 1.89. The van der Waals surface area contributed by atoms with Crippen LogP contribution in [0.25, 0.3) is 0 Å². The molecule has 0 radical (unpaired) electrons. The molecular formula is C17H21NO4S. The van der Waals surface area contributed by atoms with E-state index >= 15 is 0 Å². The third-order valence-electron chi connectivity index (χ3n) is 3.09. The summed E-state index contributed by atoms with van der Waals surface area (Å²) in [5.41, 5.74) is 1.38. The van der Waals surface area contributed by atoms with Crippen molar-refractivity contribution in [1.82, 2.24) is 4.98 Å². The zero-order valence-corrected chi connectivity index (χ0v) is 14.4. The molecule has 2 rings (SSSR count). The molecule has 0 bridgehead atoms. The van der Waals surface area contributed by atoms with Crippen LogP contribution in [-0.2, 0) is 16.1 Å². The summed E-state index contributed by atoms with van der Waals surface area (Å²) in [6.45, 7) is 7.15. The van der Waals surface area contributed by atoms with Crippen LogP contribution in [0.1, 0.15) is 47.9 Å². The Morgan fingerprint density at radius 2 is 1.96 bits per heavy atom. The number of ether oxygens (including phenoxy) is 3. The maximum absolute atomic E-state index is 11.6. The molecule has 2 aromatic rings. The number of thiazole rings is 1. The molecule has 1 aromatic heterocycles. The van der Waals surface area contributed by atoms with Gasteiger partial charge in [-0.2, -0.15) is 0 Å². The first-order valence-electron chi connectivity index (χ1n) is 7.59. The molecule has 0 aliphatic rings. The van der Waals surface area contributed by atoms with E-state index in [4.69, 9.17) is 14.2 Å². The molecular weight excluding hydrogens is 314 g/mol. The van der Waals surface area contributed by atoms with Crippen LogP contribution < -0.4 is 4.74 Å². The minimum absolute atomic E-state index is 0.00242. The highest BCUT2D eigenvalue weighted by molar-refractivity contribution is 7.09. The zero-order chi connectivity index (χ0) is 16.7. The number of nitrogens with zero attached hydrogens (tertiary/aromatic N) is 1. The molecule has 0 saturated heterocycles. The van der Waals surface area contributed by atoms with Crippen molar-refractivity contribution in [2.45, 2.75) is 33.5 Å². The van der Waals surface area contributed by atoms with Crippen molar-refractivity contribution in [3.63, 3.8) is 0 Å². The lowest BCUT2D eigenvalue weighted by atomic mass is 10.2. The summed E-state index contributed by atoms with van der Waals surface area (Å²) in [6.07, 6.45) is 0.00242. The lowest BCUT2D eigenvalue weighted by molar-refractivity contribution is 0.0526. The van der Waals surface area contributed by atoms with E-state index in [0.29, 0.717) is 31.1 Å². The summed E-state index contributed by atoms with van der Waals surface area (Å²) in [5.74, 6) is 0.360. The number of carbonyl (C=O) groups excluding carboxylic acids is 1. The van der Waals surface area contributed by atoms with Crippen molar-refractivity contribution < 1.29 is 19.0 Å². The lowest BCUT2D eigenvalue weighted by Crippen LogP contribution is -2.04. The van der Waals surface area contributed by atoms with Gasteiger partial charge in [0.15, 0.2) is 0 Å². The van der Waals surface area contributed by atoms with Crippen LogP contribution in [0.2, 0.25) is 0 Å². The Bertz CT molecular complexity index is 624. The molecule has 0 amide bonds. The fourth-order valence-corrected chi connectivity index (χ4v) is 2.76. The van der Waals surface area contributed by atoms with Gasteiger partial charge in [-0.05, 0) is 45.0 Å². The van der Waals surface area contributed by atoms with Crippen LogP contribution in [-0.4, -0.2) is 24.2 Å². The molecule has 5 nitrogen and oxygen atoms in total. The van der Waals surface area contributed by atoms with Crippen molar-refractivity contribution in [2.75, 3.05) is 13.2 Å². The third kappa shape index (κ3) is 5.04. The minimum Gasteiger partial charge on any atom is -0.487 e. The van der Waals surface area contributed by atoms with Gasteiger partial charge in [0.25, 0.3) is 0 Å². The van der Waals surface area contributed by atoms with Gasteiger partial charge in [0.05, 0.1) is 17.9 Å². The number of rotatable bonds is 8. The Labute approximate surface area is 140 Å². The molecule has 1 atom stereocenters. The zero-order valence-electron chi connectivity index (χ0n) is 13.6. The number of benzene rings is 1. The van der Waals surface area contributed by atoms with Crippen LogP contribution >= 0.6 is 11.3 Å². The average molecular weight is 335 g/mol. The summed E-state index contributed by atoms with van der Waals surface area (Å²) in [7, 11) is 0. The molecule has 0 N–H and O–H groups in total. The smallest absolute Gasteiger partial charge is 0.338 e. The van der Waals surface area contributed by atoms with Crippen LogP contribution in [0, 0.1) is 0 Å². The predicted octanol–water partition coefficient (Wildman–Crippen LogP) is 4.00. The highest BCUT2D eigenvalue weighted by atomic mass is 32.1. The van der Waals surface area contributed by atoms with Gasteiger partial charge in [0.2, 0.25) is 0 Å². The molecule has 1 unspecified atom stereocenters. The lowest BCUT2D eigenvalue weighted by Gasteiger charge is -2.07. The summed E-state index contributed by atoms with van der Waals surface area (Å²) >= 11 is 1.57. The summed E-state index contributed by atoms with van der Waals surface area (Å²) in [6, 6.07) is 6.89. The van der Waals surface area contributed by atoms with Gasteiger partial charge in [-0.25, -0.2) is 9.78 Å². The number of carbonyl (C=O) groups is 1. The normalized spacial score (nSPS) is 12.0. The number of esters is 1. The van der Waals surface area contributed by atoms with E-state index in [1.54, 1.807) is 42.5 Å². The third-order valence-corrected chi connectivity index (χ3v) is 4.14. The van der Waals surface area contributed by atoms with Crippen molar-refractivity contribution in [1.29, 1.82) is 0 Å². The number of aromatic nitrogens is 1. The van der Waals surface area contributed by atoms with Gasteiger partial charge in [0.1, 0.15) is 23.5 Å². The Morgan fingerprint density at radius 1 is 1.22 bits per heavy atom. The molecule has 0 aliphatic carbocycles. The van der Waals surface area contributed by atoms with Gasteiger partial charge < -0.3 is 14.2 Å². The van der Waals surface area contributed by atoms with E-state index in [0.717, 1.165) is 10.7 Å². The fourth-order valence-electron chi connectivity index (χ4n) is 1.96. The first-order chi connectivity index (χ1) is 11.1. The fraction of sp³-hybridized carbons (Fsp3) is 0.412. The van der Waals surface area contributed by atoms with Crippen LogP contribution in [0.4, 0.5) is 0 Å². The average Bonchev–Trinajstić information content (AvgIpc) is 3.03. The second-order valence-corrected chi connectivity index (χ2v) is 5.70. The second-order valence-electron chi connectivity index (χ2n) is 4.81. The van der Waals surface area contributed by atoms with E-state index in [1.165, 1.54) is 0 Å². The molecule has 0 saturated carbocycles. The summed E-state index contributed by atoms with van der Waals surface area (Å²) < 4.78 is 16.2. The highest BCUT2D eigenvalue weighted by Gasteiger charge is 2.11. The Kier molecular flexibility index (Phi) is 6.55. The Hall–Kier alpha value is -1.92.